The number of aromatic amines is 1. The minimum absolute atomic E-state index is 0.0702. The minimum Gasteiger partial charge on any atom is -0.482 e. The number of benzene rings is 2. The maximum absolute atomic E-state index is 12.2. The van der Waals surface area contributed by atoms with Gasteiger partial charge in [0, 0.05) is 5.56 Å². The first kappa shape index (κ1) is 21.3. The summed E-state index contributed by atoms with van der Waals surface area (Å²) in [5, 5.41) is 13.4. The standard InChI is InChI=1S/C22H19N5O4/c1-2-30-19(28)14-31-17-10-8-15(9-11-17)13-24-27-22-25-20(16-6-4-3-5-7-16)18(12-23)21(29)26-22/h3-11,13H,2,14H2,1H3,(H2,25,26,27,29). The SMILES string of the molecule is CCOC(=O)COc1ccc(C=NNc2nc(-c3ccccc3)c(C#N)c(=O)[nH]2)cc1. The third-order valence-electron chi connectivity index (χ3n) is 4.00. The molecule has 3 rings (SSSR count). The molecule has 31 heavy (non-hydrogen) atoms. The van der Waals surface area contributed by atoms with E-state index < -0.39 is 11.5 Å². The number of nitrogens with one attached hydrogen (secondary N) is 2. The zero-order valence-electron chi connectivity index (χ0n) is 16.7. The second-order valence-electron chi connectivity index (χ2n) is 6.15. The summed E-state index contributed by atoms with van der Waals surface area (Å²) in [5.74, 6) is 0.188. The minimum atomic E-state index is -0.558. The highest BCUT2D eigenvalue weighted by Gasteiger charge is 2.12. The van der Waals surface area contributed by atoms with Gasteiger partial charge in [-0.1, -0.05) is 30.3 Å². The van der Waals surface area contributed by atoms with Gasteiger partial charge < -0.3 is 9.47 Å². The monoisotopic (exact) mass is 417 g/mol. The molecule has 0 spiro atoms. The van der Waals surface area contributed by atoms with Crippen molar-refractivity contribution in [3.8, 4) is 23.1 Å². The van der Waals surface area contributed by atoms with Crippen LogP contribution < -0.4 is 15.7 Å². The molecule has 9 nitrogen and oxygen atoms in total. The van der Waals surface area contributed by atoms with Crippen LogP contribution in [0.5, 0.6) is 5.75 Å². The van der Waals surface area contributed by atoms with Gasteiger partial charge in [0.25, 0.3) is 5.56 Å². The van der Waals surface area contributed by atoms with E-state index in [4.69, 9.17) is 9.47 Å². The van der Waals surface area contributed by atoms with Gasteiger partial charge in [0.1, 0.15) is 17.4 Å². The van der Waals surface area contributed by atoms with Crippen LogP contribution in [-0.2, 0) is 9.53 Å². The predicted molar refractivity (Wildman–Crippen MR) is 115 cm³/mol. The fraction of sp³-hybridized carbons (Fsp3) is 0.136. The molecule has 9 heteroatoms. The van der Waals surface area contributed by atoms with Crippen LogP contribution in [0.25, 0.3) is 11.3 Å². The number of esters is 1. The molecule has 2 aromatic carbocycles. The summed E-state index contributed by atoms with van der Waals surface area (Å²) < 4.78 is 10.1. The summed E-state index contributed by atoms with van der Waals surface area (Å²) >= 11 is 0. The van der Waals surface area contributed by atoms with Crippen LogP contribution in [0.4, 0.5) is 5.95 Å². The lowest BCUT2D eigenvalue weighted by atomic mass is 10.1. The van der Waals surface area contributed by atoms with Gasteiger partial charge in [-0.25, -0.2) is 15.2 Å². The molecule has 0 fully saturated rings. The second-order valence-corrected chi connectivity index (χ2v) is 6.15. The van der Waals surface area contributed by atoms with Crippen molar-refractivity contribution in [3.05, 3.63) is 76.1 Å². The lowest BCUT2D eigenvalue weighted by Crippen LogP contribution is -2.16. The molecule has 0 aliphatic rings. The number of carbonyl (C=O) groups excluding carboxylic acids is 1. The highest BCUT2D eigenvalue weighted by atomic mass is 16.6. The molecule has 0 radical (unpaired) electrons. The van der Waals surface area contributed by atoms with Gasteiger partial charge in [0.2, 0.25) is 5.95 Å². The first-order chi connectivity index (χ1) is 15.1. The zero-order valence-corrected chi connectivity index (χ0v) is 16.7. The van der Waals surface area contributed by atoms with Gasteiger partial charge in [-0.2, -0.15) is 10.4 Å². The van der Waals surface area contributed by atoms with Crippen LogP contribution in [0.1, 0.15) is 18.1 Å². The predicted octanol–water partition coefficient (Wildman–Crippen LogP) is 2.70. The number of H-pyrrole nitrogens is 1. The van der Waals surface area contributed by atoms with Crippen molar-refractivity contribution >= 4 is 18.1 Å². The highest BCUT2D eigenvalue weighted by molar-refractivity contribution is 5.80. The molecule has 0 atom stereocenters. The van der Waals surface area contributed by atoms with E-state index in [-0.39, 0.29) is 23.8 Å². The first-order valence-electron chi connectivity index (χ1n) is 9.38. The molecular formula is C22H19N5O4. The molecule has 0 saturated carbocycles. The van der Waals surface area contributed by atoms with Gasteiger partial charge >= 0.3 is 5.97 Å². The molecule has 1 aromatic heterocycles. The molecule has 3 aromatic rings. The number of nitrogens with zero attached hydrogens (tertiary/aromatic N) is 3. The van der Waals surface area contributed by atoms with E-state index >= 15 is 0 Å². The summed E-state index contributed by atoms with van der Waals surface area (Å²) in [7, 11) is 0. The summed E-state index contributed by atoms with van der Waals surface area (Å²) in [4.78, 5) is 30.3. The molecule has 0 unspecified atom stereocenters. The Kier molecular flexibility index (Phi) is 7.11. The summed E-state index contributed by atoms with van der Waals surface area (Å²) in [6.07, 6.45) is 1.52. The van der Waals surface area contributed by atoms with Crippen molar-refractivity contribution in [2.45, 2.75) is 6.92 Å². The maximum Gasteiger partial charge on any atom is 0.344 e. The number of hydrogen-bond donors (Lipinski definition) is 2. The fourth-order valence-electron chi connectivity index (χ4n) is 2.60. The van der Waals surface area contributed by atoms with Gasteiger partial charge in [-0.15, -0.1) is 0 Å². The highest BCUT2D eigenvalue weighted by Crippen LogP contribution is 2.19. The lowest BCUT2D eigenvalue weighted by Gasteiger charge is -2.06. The zero-order chi connectivity index (χ0) is 22.1. The van der Waals surface area contributed by atoms with Crippen LogP contribution >= 0.6 is 0 Å². The number of nitriles is 1. The Balaban J connectivity index is 1.68. The quantitative estimate of drug-likeness (QED) is 0.327. The van der Waals surface area contributed by atoms with Gasteiger partial charge in [-0.3, -0.25) is 9.78 Å². The maximum atomic E-state index is 12.2. The van der Waals surface area contributed by atoms with Gasteiger partial charge in [0.15, 0.2) is 6.61 Å². The molecule has 1 heterocycles. The van der Waals surface area contributed by atoms with Crippen molar-refractivity contribution in [2.24, 2.45) is 5.10 Å². The Bertz CT molecular complexity index is 1170. The van der Waals surface area contributed by atoms with E-state index in [2.05, 4.69) is 20.5 Å². The normalized spacial score (nSPS) is 10.5. The Morgan fingerprint density at radius 3 is 2.65 bits per heavy atom. The average molecular weight is 417 g/mol. The smallest absolute Gasteiger partial charge is 0.344 e. The molecule has 2 N–H and O–H groups in total. The topological polar surface area (TPSA) is 129 Å². The first-order valence-corrected chi connectivity index (χ1v) is 9.38. The Labute approximate surface area is 178 Å². The molecule has 0 bridgehead atoms. The van der Waals surface area contributed by atoms with Crippen molar-refractivity contribution in [1.82, 2.24) is 9.97 Å². The van der Waals surface area contributed by atoms with Crippen molar-refractivity contribution in [2.75, 3.05) is 18.6 Å². The summed E-state index contributed by atoms with van der Waals surface area (Å²) in [6.45, 7) is 1.87. The lowest BCUT2D eigenvalue weighted by molar-refractivity contribution is -0.145. The summed E-state index contributed by atoms with van der Waals surface area (Å²) in [6, 6.07) is 17.7. The number of rotatable bonds is 8. The number of carbonyl (C=O) groups is 1. The van der Waals surface area contributed by atoms with Crippen molar-refractivity contribution in [1.29, 1.82) is 5.26 Å². The third kappa shape index (κ3) is 5.77. The van der Waals surface area contributed by atoms with E-state index in [0.717, 1.165) is 5.56 Å². The van der Waals surface area contributed by atoms with Gasteiger partial charge in [0.05, 0.1) is 18.5 Å². The molecule has 0 saturated heterocycles. The number of ether oxygens (including phenoxy) is 2. The molecule has 0 amide bonds. The average Bonchev–Trinajstić information content (AvgIpc) is 2.79. The number of anilines is 1. The van der Waals surface area contributed by atoms with Crippen LogP contribution in [0, 0.1) is 11.3 Å². The number of aromatic nitrogens is 2. The van der Waals surface area contributed by atoms with Crippen LogP contribution in [0.2, 0.25) is 0 Å². The molecule has 0 aliphatic heterocycles. The van der Waals surface area contributed by atoms with Crippen LogP contribution in [0.3, 0.4) is 0 Å². The fourth-order valence-corrected chi connectivity index (χ4v) is 2.60. The molecule has 156 valence electrons. The molecular weight excluding hydrogens is 398 g/mol. The Hall–Kier alpha value is -4.45. The van der Waals surface area contributed by atoms with E-state index in [1.807, 2.05) is 12.1 Å². The molecule has 0 aliphatic carbocycles. The second kappa shape index (κ2) is 10.4. The van der Waals surface area contributed by atoms with Gasteiger partial charge in [-0.05, 0) is 36.8 Å². The van der Waals surface area contributed by atoms with E-state index in [1.165, 1.54) is 6.21 Å². The van der Waals surface area contributed by atoms with Crippen molar-refractivity contribution in [3.63, 3.8) is 0 Å². The third-order valence-corrected chi connectivity index (χ3v) is 4.00. The summed E-state index contributed by atoms with van der Waals surface area (Å²) in [5.41, 5.74) is 3.70. The Morgan fingerprint density at radius 2 is 1.97 bits per heavy atom. The van der Waals surface area contributed by atoms with E-state index in [1.54, 1.807) is 55.5 Å². The van der Waals surface area contributed by atoms with Crippen LogP contribution in [-0.4, -0.2) is 35.4 Å². The van der Waals surface area contributed by atoms with E-state index in [0.29, 0.717) is 17.9 Å². The number of hydrogen-bond acceptors (Lipinski definition) is 8. The Morgan fingerprint density at radius 1 is 1.23 bits per heavy atom. The van der Waals surface area contributed by atoms with E-state index in [9.17, 15) is 14.9 Å². The van der Waals surface area contributed by atoms with Crippen molar-refractivity contribution < 1.29 is 14.3 Å². The van der Waals surface area contributed by atoms with Crippen LogP contribution in [0.15, 0.2) is 64.5 Å². The largest absolute Gasteiger partial charge is 0.482 e. The number of hydrazone groups is 1.